The Morgan fingerprint density at radius 3 is 2.68 bits per heavy atom. The molecule has 1 aromatic heterocycles. The van der Waals surface area contributed by atoms with Gasteiger partial charge in [0.25, 0.3) is 0 Å². The molecule has 0 saturated heterocycles. The maximum absolute atomic E-state index is 12.0. The Bertz CT molecular complexity index is 675. The summed E-state index contributed by atoms with van der Waals surface area (Å²) in [5.41, 5.74) is 6.44. The Hall–Kier alpha value is -1.63. The second-order valence-electron chi connectivity index (χ2n) is 3.83. The molecule has 0 bridgehead atoms. The van der Waals surface area contributed by atoms with Gasteiger partial charge in [-0.3, -0.25) is 4.98 Å². The molecule has 2 aromatic rings. The molecule has 0 aliphatic heterocycles. The minimum absolute atomic E-state index is 0.0744. The molecule has 0 fully saturated rings. The maximum atomic E-state index is 12.0. The molecule has 2 rings (SSSR count). The van der Waals surface area contributed by atoms with Crippen molar-refractivity contribution >= 4 is 27.3 Å². The van der Waals surface area contributed by atoms with E-state index in [0.29, 0.717) is 10.7 Å². The molecule has 1 aromatic carbocycles. The number of nitrogens with zero attached hydrogens (tertiary/aromatic N) is 1. The molecular formula is C12H12ClN3O2S. The van der Waals surface area contributed by atoms with Crippen LogP contribution >= 0.6 is 11.6 Å². The maximum Gasteiger partial charge on any atom is 0.240 e. The largest absolute Gasteiger partial charge is 0.397 e. The highest BCUT2D eigenvalue weighted by atomic mass is 35.5. The fourth-order valence-corrected chi connectivity index (χ4v) is 2.60. The first-order valence-electron chi connectivity index (χ1n) is 5.43. The molecule has 100 valence electrons. The van der Waals surface area contributed by atoms with E-state index in [1.807, 2.05) is 0 Å². The van der Waals surface area contributed by atoms with Crippen LogP contribution in [-0.2, 0) is 16.6 Å². The average molecular weight is 298 g/mol. The molecule has 7 heteroatoms. The van der Waals surface area contributed by atoms with Crippen molar-refractivity contribution in [2.24, 2.45) is 0 Å². The lowest BCUT2D eigenvalue weighted by Crippen LogP contribution is -2.23. The highest BCUT2D eigenvalue weighted by Gasteiger charge is 2.14. The third kappa shape index (κ3) is 3.44. The van der Waals surface area contributed by atoms with Gasteiger partial charge in [-0.1, -0.05) is 17.7 Å². The molecule has 0 atom stereocenters. The predicted octanol–water partition coefficient (Wildman–Crippen LogP) is 1.80. The molecule has 3 N–H and O–H groups in total. The molecular weight excluding hydrogens is 286 g/mol. The number of halogens is 1. The number of benzene rings is 1. The number of anilines is 1. The Labute approximate surface area is 116 Å². The molecule has 0 spiro atoms. The monoisotopic (exact) mass is 297 g/mol. The number of pyridine rings is 1. The van der Waals surface area contributed by atoms with Gasteiger partial charge in [0.1, 0.15) is 0 Å². The van der Waals surface area contributed by atoms with E-state index in [1.165, 1.54) is 18.2 Å². The zero-order chi connectivity index (χ0) is 13.9. The SMILES string of the molecule is Nc1cc(S(=O)(=O)NCc2ccccn2)ccc1Cl. The average Bonchev–Trinajstić information content (AvgIpc) is 2.41. The number of aromatic nitrogens is 1. The van der Waals surface area contributed by atoms with Gasteiger partial charge < -0.3 is 5.73 Å². The highest BCUT2D eigenvalue weighted by molar-refractivity contribution is 7.89. The zero-order valence-corrected chi connectivity index (χ0v) is 11.4. The van der Waals surface area contributed by atoms with Crippen LogP contribution < -0.4 is 10.5 Å². The van der Waals surface area contributed by atoms with Crippen molar-refractivity contribution in [2.75, 3.05) is 5.73 Å². The van der Waals surface area contributed by atoms with E-state index in [-0.39, 0.29) is 17.1 Å². The van der Waals surface area contributed by atoms with Crippen molar-refractivity contribution in [3.05, 3.63) is 53.3 Å². The summed E-state index contributed by atoms with van der Waals surface area (Å²) in [6, 6.07) is 9.46. The number of nitrogens with two attached hydrogens (primary N) is 1. The third-order valence-electron chi connectivity index (χ3n) is 2.45. The van der Waals surface area contributed by atoms with Gasteiger partial charge in [-0.05, 0) is 30.3 Å². The summed E-state index contributed by atoms with van der Waals surface area (Å²) in [7, 11) is -3.63. The van der Waals surface area contributed by atoms with Gasteiger partial charge in [0, 0.05) is 6.20 Å². The Kier molecular flexibility index (Phi) is 4.04. The number of hydrogen-bond donors (Lipinski definition) is 2. The molecule has 0 aliphatic rings. The summed E-state index contributed by atoms with van der Waals surface area (Å²) < 4.78 is 26.5. The second-order valence-corrected chi connectivity index (χ2v) is 6.00. The van der Waals surface area contributed by atoms with Crippen molar-refractivity contribution in [1.82, 2.24) is 9.71 Å². The smallest absolute Gasteiger partial charge is 0.240 e. The van der Waals surface area contributed by atoms with Crippen LogP contribution in [0.25, 0.3) is 0 Å². The van der Waals surface area contributed by atoms with Gasteiger partial charge in [0.2, 0.25) is 10.0 Å². The highest BCUT2D eigenvalue weighted by Crippen LogP contribution is 2.22. The standard InChI is InChI=1S/C12H12ClN3O2S/c13-11-5-4-10(7-12(11)14)19(17,18)16-8-9-3-1-2-6-15-9/h1-7,16H,8,14H2. The lowest BCUT2D eigenvalue weighted by molar-refractivity contribution is 0.580. The first kappa shape index (κ1) is 13.8. The number of nitrogen functional groups attached to an aromatic ring is 1. The number of sulfonamides is 1. The van der Waals surface area contributed by atoms with Crippen molar-refractivity contribution in [1.29, 1.82) is 0 Å². The van der Waals surface area contributed by atoms with E-state index in [9.17, 15) is 8.42 Å². The van der Waals surface area contributed by atoms with E-state index in [0.717, 1.165) is 0 Å². The second kappa shape index (κ2) is 5.56. The Morgan fingerprint density at radius 2 is 2.05 bits per heavy atom. The molecule has 1 heterocycles. The van der Waals surface area contributed by atoms with Crippen LogP contribution in [0.3, 0.4) is 0 Å². The van der Waals surface area contributed by atoms with Crippen LogP contribution in [0.2, 0.25) is 5.02 Å². The van der Waals surface area contributed by atoms with Crippen LogP contribution in [0.4, 0.5) is 5.69 Å². The Morgan fingerprint density at radius 1 is 1.26 bits per heavy atom. The summed E-state index contributed by atoms with van der Waals surface area (Å²) >= 11 is 5.75. The predicted molar refractivity (Wildman–Crippen MR) is 74.1 cm³/mol. The van der Waals surface area contributed by atoms with Gasteiger partial charge in [0.05, 0.1) is 27.8 Å². The van der Waals surface area contributed by atoms with Crippen LogP contribution in [-0.4, -0.2) is 13.4 Å². The number of rotatable bonds is 4. The molecule has 0 saturated carbocycles. The van der Waals surface area contributed by atoms with Crippen LogP contribution in [0.5, 0.6) is 0 Å². The fraction of sp³-hybridized carbons (Fsp3) is 0.0833. The van der Waals surface area contributed by atoms with Crippen molar-refractivity contribution in [3.8, 4) is 0 Å². The minimum Gasteiger partial charge on any atom is -0.397 e. The van der Waals surface area contributed by atoms with Crippen LogP contribution in [0, 0.1) is 0 Å². The minimum atomic E-state index is -3.63. The zero-order valence-electron chi connectivity index (χ0n) is 9.88. The van der Waals surface area contributed by atoms with Crippen LogP contribution in [0.1, 0.15) is 5.69 Å². The van der Waals surface area contributed by atoms with Crippen LogP contribution in [0.15, 0.2) is 47.5 Å². The fourth-order valence-electron chi connectivity index (χ4n) is 1.44. The molecule has 0 amide bonds. The molecule has 0 radical (unpaired) electrons. The third-order valence-corrected chi connectivity index (χ3v) is 4.19. The summed E-state index contributed by atoms with van der Waals surface area (Å²) in [6.45, 7) is 0.117. The number of nitrogens with one attached hydrogen (secondary N) is 1. The van der Waals surface area contributed by atoms with Gasteiger partial charge in [-0.25, -0.2) is 13.1 Å². The summed E-state index contributed by atoms with van der Waals surface area (Å²) in [4.78, 5) is 4.11. The van der Waals surface area contributed by atoms with E-state index in [4.69, 9.17) is 17.3 Å². The molecule has 0 aliphatic carbocycles. The normalized spacial score (nSPS) is 11.4. The van der Waals surface area contributed by atoms with E-state index in [2.05, 4.69) is 9.71 Å². The quantitative estimate of drug-likeness (QED) is 0.843. The lowest BCUT2D eigenvalue weighted by Gasteiger charge is -2.07. The van der Waals surface area contributed by atoms with E-state index < -0.39 is 10.0 Å². The van der Waals surface area contributed by atoms with Crippen molar-refractivity contribution < 1.29 is 8.42 Å². The molecule has 0 unspecified atom stereocenters. The van der Waals surface area contributed by atoms with E-state index in [1.54, 1.807) is 24.4 Å². The lowest BCUT2D eigenvalue weighted by atomic mass is 10.3. The summed E-state index contributed by atoms with van der Waals surface area (Å²) in [5, 5.41) is 0.323. The van der Waals surface area contributed by atoms with Gasteiger partial charge >= 0.3 is 0 Å². The molecule has 19 heavy (non-hydrogen) atoms. The van der Waals surface area contributed by atoms with Crippen molar-refractivity contribution in [2.45, 2.75) is 11.4 Å². The van der Waals surface area contributed by atoms with E-state index >= 15 is 0 Å². The summed E-state index contributed by atoms with van der Waals surface area (Å²) in [5.74, 6) is 0. The topological polar surface area (TPSA) is 85.1 Å². The molecule has 5 nitrogen and oxygen atoms in total. The van der Waals surface area contributed by atoms with Gasteiger partial charge in [-0.15, -0.1) is 0 Å². The van der Waals surface area contributed by atoms with Crippen molar-refractivity contribution in [3.63, 3.8) is 0 Å². The van der Waals surface area contributed by atoms with Gasteiger partial charge in [0.15, 0.2) is 0 Å². The number of hydrogen-bond acceptors (Lipinski definition) is 4. The Balaban J connectivity index is 2.16. The first-order chi connectivity index (χ1) is 8.99. The first-order valence-corrected chi connectivity index (χ1v) is 7.30. The van der Waals surface area contributed by atoms with Gasteiger partial charge in [-0.2, -0.15) is 0 Å². The summed E-state index contributed by atoms with van der Waals surface area (Å²) in [6.07, 6.45) is 1.60.